The Kier molecular flexibility index (Phi) is 3.12. The third-order valence-electron chi connectivity index (χ3n) is 1.66. The number of alkyl halides is 2. The normalized spacial score (nSPS) is 10.8. The molecule has 0 heterocycles. The molecular weight excluding hydrogens is 203 g/mol. The Hall–Kier alpha value is -1.08. The van der Waals surface area contributed by atoms with Gasteiger partial charge in [-0.05, 0) is 0 Å². The van der Waals surface area contributed by atoms with E-state index in [2.05, 4.69) is 0 Å². The highest BCUT2D eigenvalue weighted by Gasteiger charge is 2.24. The first-order chi connectivity index (χ1) is 6.45. The van der Waals surface area contributed by atoms with Crippen LogP contribution < -0.4 is 5.46 Å². The van der Waals surface area contributed by atoms with E-state index >= 15 is 0 Å². The molecule has 0 bridgehead atoms. The van der Waals surface area contributed by atoms with Crippen LogP contribution in [0.15, 0.2) is 12.1 Å². The summed E-state index contributed by atoms with van der Waals surface area (Å²) < 4.78 is 49.7. The van der Waals surface area contributed by atoms with Crippen LogP contribution in [-0.4, -0.2) is 17.2 Å². The van der Waals surface area contributed by atoms with Gasteiger partial charge in [0.25, 0.3) is 6.43 Å². The molecule has 2 N–H and O–H groups in total. The number of hydrogen-bond acceptors (Lipinski definition) is 2. The van der Waals surface area contributed by atoms with Gasteiger partial charge in [-0.1, -0.05) is 12.1 Å². The second kappa shape index (κ2) is 3.97. The van der Waals surface area contributed by atoms with Gasteiger partial charge in [-0.25, -0.2) is 17.6 Å². The third-order valence-corrected chi connectivity index (χ3v) is 1.66. The first kappa shape index (κ1) is 11.0. The molecule has 14 heavy (non-hydrogen) atoms. The lowest BCUT2D eigenvalue weighted by Gasteiger charge is -2.06. The Morgan fingerprint density at radius 3 is 2.07 bits per heavy atom. The molecule has 0 saturated heterocycles. The lowest BCUT2D eigenvalue weighted by Crippen LogP contribution is -2.33. The van der Waals surface area contributed by atoms with Gasteiger partial charge < -0.3 is 10.0 Å². The minimum absolute atomic E-state index is 0.609. The van der Waals surface area contributed by atoms with Crippen LogP contribution in [0.3, 0.4) is 0 Å². The molecule has 0 atom stereocenters. The Morgan fingerprint density at radius 2 is 1.64 bits per heavy atom. The highest BCUT2D eigenvalue weighted by molar-refractivity contribution is 6.58. The number of rotatable bonds is 2. The van der Waals surface area contributed by atoms with Crippen molar-refractivity contribution >= 4 is 12.6 Å². The first-order valence-electron chi connectivity index (χ1n) is 3.57. The average molecular weight is 208 g/mol. The topological polar surface area (TPSA) is 40.5 Å². The van der Waals surface area contributed by atoms with Crippen molar-refractivity contribution in [3.8, 4) is 0 Å². The summed E-state index contributed by atoms with van der Waals surface area (Å²) >= 11 is 0. The molecule has 0 spiro atoms. The fraction of sp³-hybridized carbons (Fsp3) is 0.143. The summed E-state index contributed by atoms with van der Waals surface area (Å²) in [5, 5.41) is 17.0. The van der Waals surface area contributed by atoms with E-state index in [0.717, 1.165) is 0 Å². The zero-order chi connectivity index (χ0) is 10.9. The van der Waals surface area contributed by atoms with E-state index in [1.807, 2.05) is 0 Å². The van der Waals surface area contributed by atoms with Gasteiger partial charge in [-0.15, -0.1) is 0 Å². The quantitative estimate of drug-likeness (QED) is 0.551. The standard InChI is InChI=1S/C7H5BF4O2/c9-5-3(7(11)12)1-2-4(6(5)10)8(13)14/h1-2,7,13-14H. The van der Waals surface area contributed by atoms with E-state index in [9.17, 15) is 17.6 Å². The molecular formula is C7H5BF4O2. The van der Waals surface area contributed by atoms with E-state index < -0.39 is 36.2 Å². The van der Waals surface area contributed by atoms with E-state index in [-0.39, 0.29) is 0 Å². The second-order valence-corrected chi connectivity index (χ2v) is 2.55. The van der Waals surface area contributed by atoms with Gasteiger partial charge in [-0.3, -0.25) is 0 Å². The summed E-state index contributed by atoms with van der Waals surface area (Å²) in [5.74, 6) is -3.43. The summed E-state index contributed by atoms with van der Waals surface area (Å²) in [7, 11) is -2.23. The Labute approximate surface area is 76.9 Å². The van der Waals surface area contributed by atoms with Crippen LogP contribution in [-0.2, 0) is 0 Å². The summed E-state index contributed by atoms with van der Waals surface area (Å²) in [5.41, 5.74) is -1.88. The number of halogens is 4. The molecule has 0 aliphatic heterocycles. The summed E-state index contributed by atoms with van der Waals surface area (Å²) in [4.78, 5) is 0. The Balaban J connectivity index is 3.26. The fourth-order valence-corrected chi connectivity index (χ4v) is 0.947. The molecule has 0 amide bonds. The lowest BCUT2D eigenvalue weighted by atomic mass is 9.79. The molecule has 76 valence electrons. The zero-order valence-corrected chi connectivity index (χ0v) is 6.72. The third kappa shape index (κ3) is 1.88. The summed E-state index contributed by atoms with van der Waals surface area (Å²) in [6.07, 6.45) is -3.14. The van der Waals surface area contributed by atoms with Crippen molar-refractivity contribution in [1.82, 2.24) is 0 Å². The van der Waals surface area contributed by atoms with E-state index in [4.69, 9.17) is 10.0 Å². The largest absolute Gasteiger partial charge is 0.491 e. The number of hydrogen-bond donors (Lipinski definition) is 2. The van der Waals surface area contributed by atoms with E-state index in [1.165, 1.54) is 0 Å². The van der Waals surface area contributed by atoms with Crippen LogP contribution >= 0.6 is 0 Å². The van der Waals surface area contributed by atoms with Crippen molar-refractivity contribution in [2.24, 2.45) is 0 Å². The molecule has 0 radical (unpaired) electrons. The van der Waals surface area contributed by atoms with Crippen molar-refractivity contribution in [3.05, 3.63) is 29.3 Å². The van der Waals surface area contributed by atoms with Gasteiger partial charge in [0, 0.05) is 5.46 Å². The Morgan fingerprint density at radius 1 is 1.07 bits per heavy atom. The van der Waals surface area contributed by atoms with E-state index in [0.29, 0.717) is 12.1 Å². The monoisotopic (exact) mass is 208 g/mol. The molecule has 0 aliphatic carbocycles. The predicted octanol–water partition coefficient (Wildman–Crippen LogP) is 0.582. The molecule has 0 saturated carbocycles. The van der Waals surface area contributed by atoms with Crippen LogP contribution in [0.5, 0.6) is 0 Å². The molecule has 1 aromatic rings. The van der Waals surface area contributed by atoms with Crippen LogP contribution in [0.25, 0.3) is 0 Å². The summed E-state index contributed by atoms with van der Waals surface area (Å²) in [6.45, 7) is 0. The molecule has 7 heteroatoms. The van der Waals surface area contributed by atoms with Crippen molar-refractivity contribution in [2.75, 3.05) is 0 Å². The maximum absolute atomic E-state index is 12.8. The predicted molar refractivity (Wildman–Crippen MR) is 41.1 cm³/mol. The zero-order valence-electron chi connectivity index (χ0n) is 6.72. The van der Waals surface area contributed by atoms with Crippen molar-refractivity contribution < 1.29 is 27.6 Å². The van der Waals surface area contributed by atoms with Crippen molar-refractivity contribution in [3.63, 3.8) is 0 Å². The maximum Gasteiger partial charge on any atom is 0.491 e. The van der Waals surface area contributed by atoms with Gasteiger partial charge >= 0.3 is 7.12 Å². The second-order valence-electron chi connectivity index (χ2n) is 2.55. The minimum Gasteiger partial charge on any atom is -0.423 e. The molecule has 0 unspecified atom stereocenters. The maximum atomic E-state index is 12.8. The van der Waals surface area contributed by atoms with Crippen LogP contribution in [0.2, 0.25) is 0 Å². The van der Waals surface area contributed by atoms with Crippen LogP contribution in [0, 0.1) is 11.6 Å². The highest BCUT2D eigenvalue weighted by Crippen LogP contribution is 2.22. The summed E-state index contributed by atoms with van der Waals surface area (Å²) in [6, 6.07) is 1.31. The highest BCUT2D eigenvalue weighted by atomic mass is 19.3. The molecule has 0 aromatic heterocycles. The van der Waals surface area contributed by atoms with Crippen molar-refractivity contribution in [1.29, 1.82) is 0 Å². The number of benzene rings is 1. The average Bonchev–Trinajstić information content (AvgIpc) is 2.08. The van der Waals surface area contributed by atoms with Crippen LogP contribution in [0.4, 0.5) is 17.6 Å². The Bertz CT molecular complexity index is 310. The fourth-order valence-electron chi connectivity index (χ4n) is 0.947. The van der Waals surface area contributed by atoms with Gasteiger partial charge in [0.05, 0.1) is 5.56 Å². The smallest absolute Gasteiger partial charge is 0.423 e. The van der Waals surface area contributed by atoms with Gasteiger partial charge in [0.1, 0.15) is 0 Å². The molecule has 2 nitrogen and oxygen atoms in total. The SMILES string of the molecule is OB(O)c1ccc(C(F)F)c(F)c1F. The van der Waals surface area contributed by atoms with Crippen LogP contribution in [0.1, 0.15) is 12.0 Å². The van der Waals surface area contributed by atoms with E-state index in [1.54, 1.807) is 0 Å². The molecule has 1 aromatic carbocycles. The van der Waals surface area contributed by atoms with Gasteiger partial charge in [0.15, 0.2) is 11.6 Å². The van der Waals surface area contributed by atoms with Gasteiger partial charge in [0.2, 0.25) is 0 Å². The molecule has 0 aliphatic rings. The van der Waals surface area contributed by atoms with Gasteiger partial charge in [-0.2, -0.15) is 0 Å². The lowest BCUT2D eigenvalue weighted by molar-refractivity contribution is 0.145. The minimum atomic E-state index is -3.14. The molecule has 1 rings (SSSR count). The molecule has 0 fully saturated rings. The first-order valence-corrected chi connectivity index (χ1v) is 3.57. The van der Waals surface area contributed by atoms with Crippen molar-refractivity contribution in [2.45, 2.75) is 6.43 Å².